The van der Waals surface area contributed by atoms with Gasteiger partial charge in [-0.25, -0.2) is 0 Å². The maximum atomic E-state index is 8.47. The van der Waals surface area contributed by atoms with Gasteiger partial charge in [-0.1, -0.05) is 13.8 Å². The van der Waals surface area contributed by atoms with Gasteiger partial charge in [-0.3, -0.25) is 0 Å². The molecule has 0 atom stereocenters. The summed E-state index contributed by atoms with van der Waals surface area (Å²) in [5.74, 6) is 0. The molecule has 0 aromatic heterocycles. The van der Waals surface area contributed by atoms with Crippen LogP contribution in [0.3, 0.4) is 0 Å². The van der Waals surface area contributed by atoms with Crippen LogP contribution in [0.5, 0.6) is 0 Å². The summed E-state index contributed by atoms with van der Waals surface area (Å²) in [5, 5.41) is 0. The minimum atomic E-state index is -0.556. The fraction of sp³-hybridized carbons (Fsp3) is 0.600. The van der Waals surface area contributed by atoms with Crippen LogP contribution < -0.4 is 0 Å². The molecule has 0 radical (unpaired) electrons. The number of carbonyl (C=O) groups excluding carboxylic acids is 2. The molecule has 22 heavy (non-hydrogen) atoms. The van der Waals surface area contributed by atoms with E-state index in [-0.39, 0.29) is 121 Å². The summed E-state index contributed by atoms with van der Waals surface area (Å²) in [4.78, 5) is 16.9. The first-order valence-corrected chi connectivity index (χ1v) is 9.11. The summed E-state index contributed by atoms with van der Waals surface area (Å²) in [6, 6.07) is 0. The summed E-state index contributed by atoms with van der Waals surface area (Å²) >= 11 is -0.556. The Morgan fingerprint density at radius 1 is 0.864 bits per heavy atom. The zero-order valence-electron chi connectivity index (χ0n) is 13.3. The van der Waals surface area contributed by atoms with Gasteiger partial charge >= 0.3 is 57.4 Å². The van der Waals surface area contributed by atoms with E-state index in [4.69, 9.17) is 39.7 Å². The second-order valence-corrected chi connectivity index (χ2v) is 4.52. The van der Waals surface area contributed by atoms with Crippen molar-refractivity contribution >= 4 is 31.4 Å². The zero-order valence-corrected chi connectivity index (χ0v) is 24.2. The van der Waals surface area contributed by atoms with Crippen LogP contribution in [0.1, 0.15) is 40.5 Å². The van der Waals surface area contributed by atoms with Crippen LogP contribution in [0, 0.1) is 12.8 Å². The maximum Gasteiger partial charge on any atom is 2.00 e. The summed E-state index contributed by atoms with van der Waals surface area (Å²) in [6.45, 7) is 8.36. The Hall–Kier alpha value is 3.81. The Labute approximate surface area is 227 Å². The molecule has 0 aromatic carbocycles. The predicted molar refractivity (Wildman–Crippen MR) is 73.0 cm³/mol. The van der Waals surface area contributed by atoms with Crippen LogP contribution in [-0.4, -0.2) is 12.8 Å². The number of carbonyl (C=O) groups is 2. The van der Waals surface area contributed by atoms with Crippen LogP contribution in [-0.2, 0) is 135 Å². The molecule has 2 amide bonds. The number of hydrogen-bond donors (Lipinski definition) is 0. The van der Waals surface area contributed by atoms with Crippen molar-refractivity contribution < 1.29 is 135 Å². The molecule has 0 heterocycles. The van der Waals surface area contributed by atoms with E-state index in [0.717, 1.165) is 0 Å². The molecule has 4 nitrogen and oxygen atoms in total. The molecular weight excluding hydrogens is 538 g/mol. The third-order valence-electron chi connectivity index (χ3n) is 0.816. The monoisotopic (exact) mass is 560 g/mol. The van der Waals surface area contributed by atoms with Gasteiger partial charge in [0.2, 0.25) is 0 Å². The largest absolute Gasteiger partial charge is 2.00 e. The Balaban J connectivity index is -0.00000000974. The smallest absolute Gasteiger partial charge is 0.671 e. The van der Waals surface area contributed by atoms with E-state index >= 15 is 0 Å². The van der Waals surface area contributed by atoms with Crippen molar-refractivity contribution in [2.45, 2.75) is 40.5 Å². The van der Waals surface area contributed by atoms with Crippen LogP contribution in [0.4, 0.5) is 0 Å². The number of nitrogens with one attached hydrogen (secondary N) is 2. The van der Waals surface area contributed by atoms with Crippen molar-refractivity contribution in [3.8, 4) is 0 Å². The van der Waals surface area contributed by atoms with E-state index in [2.05, 4.69) is 40.5 Å². The van der Waals surface area contributed by atoms with Crippen molar-refractivity contribution in [2.75, 3.05) is 0 Å². The Bertz CT molecular complexity index is 101. The molecule has 0 unspecified atom stereocenters. The molecule has 0 fully saturated rings. The van der Waals surface area contributed by atoms with Crippen LogP contribution in [0.2, 0.25) is 0 Å². The van der Waals surface area contributed by atoms with Crippen molar-refractivity contribution in [1.82, 2.24) is 0 Å². The van der Waals surface area contributed by atoms with Crippen molar-refractivity contribution in [3.63, 3.8) is 0 Å². The number of rotatable bonds is 2. The normalized spacial score (nSPS) is 4.45. The first-order chi connectivity index (χ1) is 8.07. The Morgan fingerprint density at radius 3 is 0.909 bits per heavy atom. The molecule has 0 aromatic rings. The Morgan fingerprint density at radius 2 is 0.909 bits per heavy atom. The van der Waals surface area contributed by atoms with E-state index in [0.29, 0.717) is 0 Å². The van der Waals surface area contributed by atoms with E-state index in [1.54, 1.807) is 0 Å². The fourth-order valence-electron chi connectivity index (χ4n) is 0. The zero-order chi connectivity index (χ0) is 14.9. The van der Waals surface area contributed by atoms with E-state index in [1.165, 1.54) is 12.8 Å². The molecule has 0 bridgehead atoms. The molecule has 0 rings (SSSR count). The van der Waals surface area contributed by atoms with E-state index in [9.17, 15) is 0 Å². The minimum Gasteiger partial charge on any atom is -0.671 e. The number of unbranched alkanes of at least 4 members (excludes halogenated alkanes) is 2. The predicted octanol–water partition coefficient (Wildman–Crippen LogP) is 5.00. The van der Waals surface area contributed by atoms with Gasteiger partial charge in [0.15, 0.2) is 0 Å². The molecule has 0 aliphatic heterocycles. The van der Waals surface area contributed by atoms with Gasteiger partial charge < -0.3 is 33.9 Å². The van der Waals surface area contributed by atoms with Crippen LogP contribution in [0.15, 0.2) is 0 Å². The molecule has 124 valence electrons. The third kappa shape index (κ3) is 367. The molecule has 0 aliphatic rings. The standard InChI is InChI=1S/2C4H9.2CH3NO.2ClH.6Ti/c2*1-3-4-2;2*2-1-3;;;;;;;;/h2*3H,4H2,1-2H3;2*1H,(H2,2,3);2*1H;;;;;;/q2*-1;;;;;;;;;2*+2/p-4. The van der Waals surface area contributed by atoms with Crippen LogP contribution in [0.25, 0.3) is 11.5 Å². The first-order valence-electron chi connectivity index (χ1n) is 4.81. The quantitative estimate of drug-likeness (QED) is 0.271. The Kier molecular flexibility index (Phi) is 348. The van der Waals surface area contributed by atoms with Gasteiger partial charge in [0.1, 0.15) is 0 Å². The average Bonchev–Trinajstić information content (AvgIpc) is 2.32. The van der Waals surface area contributed by atoms with Gasteiger partial charge in [-0.05, 0) is 0 Å². The second kappa shape index (κ2) is 120. The van der Waals surface area contributed by atoms with Crippen molar-refractivity contribution in [3.05, 3.63) is 24.3 Å². The average molecular weight is 560 g/mol. The van der Waals surface area contributed by atoms with Gasteiger partial charge in [-0.15, -0.1) is 0 Å². The van der Waals surface area contributed by atoms with Crippen molar-refractivity contribution in [2.24, 2.45) is 0 Å². The molecule has 0 aliphatic carbocycles. The third-order valence-corrected chi connectivity index (χ3v) is 0.816. The molecule has 12 heteroatoms. The number of halogens is 2. The van der Waals surface area contributed by atoms with Crippen LogP contribution >= 0.6 is 18.6 Å². The van der Waals surface area contributed by atoms with E-state index in [1.807, 2.05) is 0 Å². The summed E-state index contributed by atoms with van der Waals surface area (Å²) < 4.78 is 0. The van der Waals surface area contributed by atoms with Gasteiger partial charge in [0.05, 0.1) is 0 Å². The van der Waals surface area contributed by atoms with Gasteiger partial charge in [0, 0.05) is 99.7 Å². The second-order valence-electron chi connectivity index (χ2n) is 1.94. The SMILES string of the molecule is C[CH-]CC.C[CH-]CC.[Cl][Ti][Cl].[NH-]C=O.[NH-]C=O.[Ti+2].[Ti].[Ti].[Ti].[Ti]. The van der Waals surface area contributed by atoms with Gasteiger partial charge in [0.25, 0.3) is 0 Å². The topological polar surface area (TPSA) is 81.7 Å². The number of amides is 2. The molecule has 0 saturated heterocycles. The molecular formula is C10H22Cl2N2O2Ti6-2. The molecule has 0 spiro atoms. The summed E-state index contributed by atoms with van der Waals surface area (Å²) in [6.07, 6.45) is 6.64. The first kappa shape index (κ1) is 63.6. The summed E-state index contributed by atoms with van der Waals surface area (Å²) in [7, 11) is 9.78. The molecule has 2 N–H and O–H groups in total. The molecule has 0 saturated carbocycles. The fourth-order valence-corrected chi connectivity index (χ4v) is 0. The van der Waals surface area contributed by atoms with Gasteiger partial charge in [-0.2, -0.15) is 26.7 Å². The van der Waals surface area contributed by atoms with Crippen molar-refractivity contribution in [1.29, 1.82) is 0 Å². The minimum absolute atomic E-state index is 0. The number of hydrogen-bond acceptors (Lipinski definition) is 2. The van der Waals surface area contributed by atoms with E-state index < -0.39 is 17.0 Å². The maximum absolute atomic E-state index is 8.47. The summed E-state index contributed by atoms with van der Waals surface area (Å²) in [5.41, 5.74) is 11.1.